The molecule has 0 fully saturated rings. The summed E-state index contributed by atoms with van der Waals surface area (Å²) in [5.74, 6) is -0.324. The number of carbonyl (C=O) groups is 1. The van der Waals surface area contributed by atoms with E-state index in [2.05, 4.69) is 0 Å². The Morgan fingerprint density at radius 3 is 2.33 bits per heavy atom. The fraction of sp³-hybridized carbons (Fsp3) is 0.417. The maximum absolute atomic E-state index is 13.5. The van der Waals surface area contributed by atoms with Crippen LogP contribution in [-0.4, -0.2) is 12.9 Å². The average Bonchev–Trinajstić information content (AvgIpc) is 2.15. The Hall–Kier alpha value is -1.38. The van der Waals surface area contributed by atoms with E-state index in [1.54, 1.807) is 26.8 Å². The summed E-state index contributed by atoms with van der Waals surface area (Å²) in [6, 6.07) is 4.27. The minimum absolute atomic E-state index is 0.114. The predicted molar refractivity (Wildman–Crippen MR) is 56.7 cm³/mol. The fourth-order valence-corrected chi connectivity index (χ4v) is 1.21. The Morgan fingerprint density at radius 2 is 1.93 bits per heavy atom. The Morgan fingerprint density at radius 1 is 1.33 bits per heavy atom. The number of ether oxygens (including phenoxy) is 1. The number of Topliss-reactive ketones (excluding diaryl/α,β-unsaturated/α-hetero) is 1. The topological polar surface area (TPSA) is 26.3 Å². The second kappa shape index (κ2) is 4.01. The van der Waals surface area contributed by atoms with Crippen LogP contribution in [0.5, 0.6) is 5.75 Å². The van der Waals surface area contributed by atoms with Crippen molar-refractivity contribution in [2.75, 3.05) is 7.11 Å². The summed E-state index contributed by atoms with van der Waals surface area (Å²) in [4.78, 5) is 11.8. The van der Waals surface area contributed by atoms with Crippen molar-refractivity contribution in [2.24, 2.45) is 5.41 Å². The number of benzene rings is 1. The van der Waals surface area contributed by atoms with E-state index >= 15 is 0 Å². The number of hydrogen-bond acceptors (Lipinski definition) is 2. The van der Waals surface area contributed by atoms with Crippen molar-refractivity contribution >= 4 is 5.78 Å². The van der Waals surface area contributed by atoms with Gasteiger partial charge in [0.15, 0.2) is 5.78 Å². The van der Waals surface area contributed by atoms with Crippen molar-refractivity contribution in [1.82, 2.24) is 0 Å². The standard InChI is InChI=1S/C12H15FO2/c1-12(2,3)11(14)9-6-5-8(15-4)7-10(9)13/h5-7H,1-4H3. The van der Waals surface area contributed by atoms with Gasteiger partial charge in [-0.15, -0.1) is 0 Å². The highest BCUT2D eigenvalue weighted by molar-refractivity contribution is 6.00. The molecule has 0 saturated carbocycles. The molecule has 0 spiro atoms. The maximum Gasteiger partial charge on any atom is 0.171 e. The highest BCUT2D eigenvalue weighted by Gasteiger charge is 2.25. The van der Waals surface area contributed by atoms with Gasteiger partial charge in [-0.1, -0.05) is 20.8 Å². The smallest absolute Gasteiger partial charge is 0.171 e. The van der Waals surface area contributed by atoms with Crippen LogP contribution in [0.3, 0.4) is 0 Å². The van der Waals surface area contributed by atoms with E-state index in [1.807, 2.05) is 0 Å². The minimum atomic E-state index is -0.574. The Balaban J connectivity index is 3.12. The van der Waals surface area contributed by atoms with E-state index < -0.39 is 11.2 Å². The zero-order valence-corrected chi connectivity index (χ0v) is 9.43. The fourth-order valence-electron chi connectivity index (χ4n) is 1.21. The summed E-state index contributed by atoms with van der Waals surface area (Å²) in [6.45, 7) is 5.29. The van der Waals surface area contributed by atoms with Gasteiger partial charge in [-0.3, -0.25) is 4.79 Å². The van der Waals surface area contributed by atoms with Crippen LogP contribution in [0.4, 0.5) is 4.39 Å². The number of hydrogen-bond donors (Lipinski definition) is 0. The second-order valence-electron chi connectivity index (χ2n) is 4.42. The van der Waals surface area contributed by atoms with Crippen LogP contribution in [-0.2, 0) is 0 Å². The molecule has 0 amide bonds. The molecule has 15 heavy (non-hydrogen) atoms. The quantitative estimate of drug-likeness (QED) is 0.701. The van der Waals surface area contributed by atoms with Gasteiger partial charge in [-0.25, -0.2) is 4.39 Å². The normalized spacial score (nSPS) is 11.3. The molecule has 3 heteroatoms. The van der Waals surface area contributed by atoms with Crippen LogP contribution >= 0.6 is 0 Å². The van der Waals surface area contributed by atoms with E-state index in [9.17, 15) is 9.18 Å². The summed E-state index contributed by atoms with van der Waals surface area (Å²) in [5.41, 5.74) is -0.460. The summed E-state index contributed by atoms with van der Waals surface area (Å²) in [6.07, 6.45) is 0. The first-order valence-electron chi connectivity index (χ1n) is 4.74. The average molecular weight is 210 g/mol. The Kier molecular flexibility index (Phi) is 3.12. The molecule has 0 heterocycles. The van der Waals surface area contributed by atoms with Crippen molar-refractivity contribution in [1.29, 1.82) is 0 Å². The zero-order valence-electron chi connectivity index (χ0n) is 9.43. The molecule has 0 saturated heterocycles. The molecular formula is C12H15FO2. The lowest BCUT2D eigenvalue weighted by atomic mass is 9.86. The van der Waals surface area contributed by atoms with E-state index in [0.717, 1.165) is 0 Å². The monoisotopic (exact) mass is 210 g/mol. The van der Waals surface area contributed by atoms with Gasteiger partial charge in [0.2, 0.25) is 0 Å². The van der Waals surface area contributed by atoms with Crippen molar-refractivity contribution in [3.8, 4) is 5.75 Å². The lowest BCUT2D eigenvalue weighted by molar-refractivity contribution is 0.0854. The van der Waals surface area contributed by atoms with Crippen LogP contribution < -0.4 is 4.74 Å². The minimum Gasteiger partial charge on any atom is -0.497 e. The third-order valence-electron chi connectivity index (χ3n) is 2.10. The second-order valence-corrected chi connectivity index (χ2v) is 4.42. The lowest BCUT2D eigenvalue weighted by Gasteiger charge is -2.17. The van der Waals surface area contributed by atoms with Gasteiger partial charge in [0.05, 0.1) is 12.7 Å². The summed E-state index contributed by atoms with van der Waals surface area (Å²) in [5, 5.41) is 0. The number of halogens is 1. The van der Waals surface area contributed by atoms with Gasteiger partial charge in [0.25, 0.3) is 0 Å². The molecule has 0 aliphatic carbocycles. The Bertz CT molecular complexity index is 378. The van der Waals surface area contributed by atoms with Gasteiger partial charge < -0.3 is 4.74 Å². The van der Waals surface area contributed by atoms with Crippen LogP contribution in [0.25, 0.3) is 0 Å². The molecule has 2 nitrogen and oxygen atoms in total. The molecular weight excluding hydrogens is 195 g/mol. The van der Waals surface area contributed by atoms with Gasteiger partial charge >= 0.3 is 0 Å². The van der Waals surface area contributed by atoms with E-state index in [1.165, 1.54) is 19.2 Å². The maximum atomic E-state index is 13.5. The molecule has 1 rings (SSSR count). The molecule has 0 bridgehead atoms. The van der Waals surface area contributed by atoms with Crippen molar-refractivity contribution < 1.29 is 13.9 Å². The molecule has 1 aromatic rings. The first-order valence-corrected chi connectivity index (χ1v) is 4.74. The number of carbonyl (C=O) groups excluding carboxylic acids is 1. The van der Waals surface area contributed by atoms with Crippen molar-refractivity contribution in [2.45, 2.75) is 20.8 Å². The van der Waals surface area contributed by atoms with Gasteiger partial charge in [-0.05, 0) is 12.1 Å². The predicted octanol–water partition coefficient (Wildman–Crippen LogP) is 3.06. The molecule has 0 aliphatic heterocycles. The number of ketones is 1. The van der Waals surface area contributed by atoms with E-state index in [0.29, 0.717) is 5.75 Å². The van der Waals surface area contributed by atoms with Gasteiger partial charge in [0, 0.05) is 11.5 Å². The summed E-state index contributed by atoms with van der Waals surface area (Å²) < 4.78 is 18.4. The molecule has 0 unspecified atom stereocenters. The number of rotatable bonds is 2. The SMILES string of the molecule is COc1ccc(C(=O)C(C)(C)C)c(F)c1. The molecule has 0 N–H and O–H groups in total. The van der Waals surface area contributed by atoms with E-state index in [-0.39, 0.29) is 11.3 Å². The molecule has 0 aliphatic rings. The van der Waals surface area contributed by atoms with Crippen LogP contribution in [0, 0.1) is 11.2 Å². The van der Waals surface area contributed by atoms with Crippen LogP contribution in [0.15, 0.2) is 18.2 Å². The molecule has 0 aromatic heterocycles. The third-order valence-corrected chi connectivity index (χ3v) is 2.10. The first kappa shape index (κ1) is 11.7. The van der Waals surface area contributed by atoms with Crippen LogP contribution in [0.1, 0.15) is 31.1 Å². The third kappa shape index (κ3) is 2.55. The molecule has 1 aromatic carbocycles. The largest absolute Gasteiger partial charge is 0.497 e. The van der Waals surface area contributed by atoms with Crippen molar-refractivity contribution in [3.05, 3.63) is 29.6 Å². The summed E-state index contributed by atoms with van der Waals surface area (Å²) in [7, 11) is 1.46. The van der Waals surface area contributed by atoms with Crippen LogP contribution in [0.2, 0.25) is 0 Å². The van der Waals surface area contributed by atoms with Gasteiger partial charge in [-0.2, -0.15) is 0 Å². The number of methoxy groups -OCH3 is 1. The molecule has 82 valence electrons. The highest BCUT2D eigenvalue weighted by atomic mass is 19.1. The molecule has 0 atom stereocenters. The lowest BCUT2D eigenvalue weighted by Crippen LogP contribution is -2.21. The van der Waals surface area contributed by atoms with E-state index in [4.69, 9.17) is 4.74 Å². The molecule has 0 radical (unpaired) electrons. The first-order chi connectivity index (χ1) is 6.86. The Labute approximate surface area is 89.1 Å². The highest BCUT2D eigenvalue weighted by Crippen LogP contribution is 2.24. The van der Waals surface area contributed by atoms with Crippen molar-refractivity contribution in [3.63, 3.8) is 0 Å². The van der Waals surface area contributed by atoms with Gasteiger partial charge in [0.1, 0.15) is 11.6 Å². The summed E-state index contributed by atoms with van der Waals surface area (Å²) >= 11 is 0. The zero-order chi connectivity index (χ0) is 11.6.